The summed E-state index contributed by atoms with van der Waals surface area (Å²) in [6, 6.07) is 0. The van der Waals surface area contributed by atoms with Crippen LogP contribution in [0.15, 0.2) is 0 Å². The van der Waals surface area contributed by atoms with E-state index >= 15 is 0 Å². The SMILES string of the molecule is CCOC(=O)CCCNC(=O)C1(CC)CCNCC1. The van der Waals surface area contributed by atoms with E-state index in [0.29, 0.717) is 26.0 Å². The summed E-state index contributed by atoms with van der Waals surface area (Å²) in [7, 11) is 0. The normalized spacial score (nSPS) is 17.8. The standard InChI is InChI=1S/C14H26N2O3/c1-3-14(7-10-15-11-8-14)13(18)16-9-5-6-12(17)19-4-2/h15H,3-11H2,1-2H3,(H,16,18). The second-order valence-corrected chi connectivity index (χ2v) is 5.05. The number of ether oxygens (including phenoxy) is 1. The molecule has 0 aromatic carbocycles. The number of rotatable bonds is 7. The summed E-state index contributed by atoms with van der Waals surface area (Å²) in [5, 5.41) is 6.25. The highest BCUT2D eigenvalue weighted by atomic mass is 16.5. The van der Waals surface area contributed by atoms with Crippen LogP contribution in [-0.2, 0) is 14.3 Å². The quantitative estimate of drug-likeness (QED) is 0.539. The number of amides is 1. The van der Waals surface area contributed by atoms with E-state index in [0.717, 1.165) is 32.4 Å². The molecule has 1 aliphatic rings. The average Bonchev–Trinajstić information content (AvgIpc) is 2.44. The van der Waals surface area contributed by atoms with Crippen molar-refractivity contribution in [3.8, 4) is 0 Å². The number of carbonyl (C=O) groups excluding carboxylic acids is 2. The first-order valence-corrected chi connectivity index (χ1v) is 7.29. The Hall–Kier alpha value is -1.10. The molecule has 0 bridgehead atoms. The smallest absolute Gasteiger partial charge is 0.305 e. The Bertz CT molecular complexity index is 299. The highest BCUT2D eigenvalue weighted by Gasteiger charge is 2.37. The topological polar surface area (TPSA) is 67.4 Å². The molecule has 0 saturated carbocycles. The molecule has 1 saturated heterocycles. The lowest BCUT2D eigenvalue weighted by atomic mass is 9.76. The lowest BCUT2D eigenvalue weighted by Gasteiger charge is -2.35. The maximum absolute atomic E-state index is 12.3. The molecule has 0 atom stereocenters. The molecular weight excluding hydrogens is 244 g/mol. The highest BCUT2D eigenvalue weighted by Crippen LogP contribution is 2.32. The molecule has 1 rings (SSSR count). The molecule has 5 nitrogen and oxygen atoms in total. The van der Waals surface area contributed by atoms with Crippen LogP contribution in [0.25, 0.3) is 0 Å². The van der Waals surface area contributed by atoms with Crippen LogP contribution in [-0.4, -0.2) is 38.1 Å². The van der Waals surface area contributed by atoms with Crippen molar-refractivity contribution in [1.29, 1.82) is 0 Å². The summed E-state index contributed by atoms with van der Waals surface area (Å²) in [6.07, 6.45) is 3.68. The Morgan fingerprint density at radius 2 is 1.95 bits per heavy atom. The molecule has 1 amide bonds. The van der Waals surface area contributed by atoms with Crippen molar-refractivity contribution in [2.24, 2.45) is 5.41 Å². The number of piperidine rings is 1. The lowest BCUT2D eigenvalue weighted by molar-refractivity contribution is -0.143. The van der Waals surface area contributed by atoms with Crippen LogP contribution in [0, 0.1) is 5.41 Å². The van der Waals surface area contributed by atoms with Gasteiger partial charge in [0.25, 0.3) is 0 Å². The fraction of sp³-hybridized carbons (Fsp3) is 0.857. The Morgan fingerprint density at radius 1 is 1.26 bits per heavy atom. The fourth-order valence-electron chi connectivity index (χ4n) is 2.50. The van der Waals surface area contributed by atoms with Gasteiger partial charge in [-0.1, -0.05) is 6.92 Å². The summed E-state index contributed by atoms with van der Waals surface area (Å²) in [5.41, 5.74) is -0.213. The zero-order chi connectivity index (χ0) is 14.1. The number of esters is 1. The second kappa shape index (κ2) is 8.15. The maximum atomic E-state index is 12.3. The molecule has 19 heavy (non-hydrogen) atoms. The molecule has 110 valence electrons. The summed E-state index contributed by atoms with van der Waals surface area (Å²) >= 11 is 0. The summed E-state index contributed by atoms with van der Waals surface area (Å²) in [5.74, 6) is -0.0517. The molecular formula is C14H26N2O3. The predicted octanol–water partition coefficient (Wildman–Crippen LogP) is 1.23. The third-order valence-corrected chi connectivity index (χ3v) is 3.87. The van der Waals surface area contributed by atoms with Crippen molar-refractivity contribution in [3.63, 3.8) is 0 Å². The first kappa shape index (κ1) is 16.0. The highest BCUT2D eigenvalue weighted by molar-refractivity contribution is 5.82. The minimum atomic E-state index is -0.213. The summed E-state index contributed by atoms with van der Waals surface area (Å²) in [4.78, 5) is 23.4. The van der Waals surface area contributed by atoms with Gasteiger partial charge in [-0.25, -0.2) is 0 Å². The summed E-state index contributed by atoms with van der Waals surface area (Å²) in [6.45, 7) is 6.64. The van der Waals surface area contributed by atoms with Gasteiger partial charge < -0.3 is 15.4 Å². The van der Waals surface area contributed by atoms with E-state index < -0.39 is 0 Å². The first-order valence-electron chi connectivity index (χ1n) is 7.29. The molecule has 1 aliphatic heterocycles. The Morgan fingerprint density at radius 3 is 2.53 bits per heavy atom. The molecule has 0 aromatic rings. The van der Waals surface area contributed by atoms with Crippen LogP contribution in [0.3, 0.4) is 0 Å². The van der Waals surface area contributed by atoms with Crippen LogP contribution in [0.1, 0.15) is 46.0 Å². The van der Waals surface area contributed by atoms with Crippen molar-refractivity contribution in [2.75, 3.05) is 26.2 Å². The number of nitrogens with one attached hydrogen (secondary N) is 2. The number of carbonyl (C=O) groups is 2. The van der Waals surface area contributed by atoms with Gasteiger partial charge in [-0.3, -0.25) is 9.59 Å². The predicted molar refractivity (Wildman–Crippen MR) is 73.7 cm³/mol. The molecule has 5 heteroatoms. The minimum absolute atomic E-state index is 0.139. The van der Waals surface area contributed by atoms with Gasteiger partial charge in [-0.05, 0) is 45.7 Å². The minimum Gasteiger partial charge on any atom is -0.466 e. The third kappa shape index (κ3) is 4.82. The molecule has 0 aromatic heterocycles. The van der Waals surface area contributed by atoms with Crippen molar-refractivity contribution in [1.82, 2.24) is 10.6 Å². The van der Waals surface area contributed by atoms with Crippen LogP contribution < -0.4 is 10.6 Å². The van der Waals surface area contributed by atoms with Gasteiger partial charge in [0.05, 0.1) is 12.0 Å². The van der Waals surface area contributed by atoms with E-state index in [4.69, 9.17) is 4.74 Å². The van der Waals surface area contributed by atoms with Crippen molar-refractivity contribution >= 4 is 11.9 Å². The van der Waals surface area contributed by atoms with E-state index in [-0.39, 0.29) is 17.3 Å². The largest absolute Gasteiger partial charge is 0.466 e. The van der Waals surface area contributed by atoms with Gasteiger partial charge in [-0.2, -0.15) is 0 Å². The zero-order valence-corrected chi connectivity index (χ0v) is 12.1. The molecule has 0 aliphatic carbocycles. The van der Waals surface area contributed by atoms with E-state index in [2.05, 4.69) is 17.6 Å². The van der Waals surface area contributed by atoms with Crippen LogP contribution in [0.2, 0.25) is 0 Å². The van der Waals surface area contributed by atoms with Crippen molar-refractivity contribution in [2.45, 2.75) is 46.0 Å². The molecule has 1 heterocycles. The molecule has 0 unspecified atom stereocenters. The van der Waals surface area contributed by atoms with E-state index in [1.54, 1.807) is 6.92 Å². The molecule has 2 N–H and O–H groups in total. The lowest BCUT2D eigenvalue weighted by Crippen LogP contribution is -2.47. The molecule has 0 radical (unpaired) electrons. The zero-order valence-electron chi connectivity index (χ0n) is 12.1. The van der Waals surface area contributed by atoms with E-state index in [9.17, 15) is 9.59 Å². The van der Waals surface area contributed by atoms with E-state index in [1.165, 1.54) is 0 Å². The number of hydrogen-bond donors (Lipinski definition) is 2. The van der Waals surface area contributed by atoms with Gasteiger partial charge in [0.1, 0.15) is 0 Å². The van der Waals surface area contributed by atoms with Gasteiger partial charge in [0.2, 0.25) is 5.91 Å². The van der Waals surface area contributed by atoms with Gasteiger partial charge >= 0.3 is 5.97 Å². The van der Waals surface area contributed by atoms with Gasteiger partial charge in [0.15, 0.2) is 0 Å². The monoisotopic (exact) mass is 270 g/mol. The maximum Gasteiger partial charge on any atom is 0.305 e. The second-order valence-electron chi connectivity index (χ2n) is 5.05. The van der Waals surface area contributed by atoms with Gasteiger partial charge in [0, 0.05) is 13.0 Å². The molecule has 1 fully saturated rings. The van der Waals surface area contributed by atoms with Crippen LogP contribution >= 0.6 is 0 Å². The van der Waals surface area contributed by atoms with Crippen LogP contribution in [0.4, 0.5) is 0 Å². The van der Waals surface area contributed by atoms with Crippen LogP contribution in [0.5, 0.6) is 0 Å². The fourth-order valence-corrected chi connectivity index (χ4v) is 2.50. The third-order valence-electron chi connectivity index (χ3n) is 3.87. The average molecular weight is 270 g/mol. The first-order chi connectivity index (χ1) is 9.14. The Balaban J connectivity index is 2.27. The molecule has 0 spiro atoms. The Labute approximate surface area is 115 Å². The Kier molecular flexibility index (Phi) is 6.84. The van der Waals surface area contributed by atoms with Gasteiger partial charge in [-0.15, -0.1) is 0 Å². The van der Waals surface area contributed by atoms with Crippen molar-refractivity contribution in [3.05, 3.63) is 0 Å². The van der Waals surface area contributed by atoms with Crippen molar-refractivity contribution < 1.29 is 14.3 Å². The van der Waals surface area contributed by atoms with E-state index in [1.807, 2.05) is 0 Å². The summed E-state index contributed by atoms with van der Waals surface area (Å²) < 4.78 is 4.85. The number of hydrogen-bond acceptors (Lipinski definition) is 4.